The van der Waals surface area contributed by atoms with Gasteiger partial charge in [0, 0.05) is 23.5 Å². The summed E-state index contributed by atoms with van der Waals surface area (Å²) in [5, 5.41) is 1.06. The van der Waals surface area contributed by atoms with Crippen LogP contribution in [0.2, 0.25) is 0 Å². The van der Waals surface area contributed by atoms with Gasteiger partial charge in [0.15, 0.2) is 0 Å². The summed E-state index contributed by atoms with van der Waals surface area (Å²) in [7, 11) is 1.89. The summed E-state index contributed by atoms with van der Waals surface area (Å²) in [6, 6.07) is 8.16. The summed E-state index contributed by atoms with van der Waals surface area (Å²) in [5.74, 6) is 0.132. The van der Waals surface area contributed by atoms with Crippen molar-refractivity contribution in [2.75, 3.05) is 12.8 Å². The van der Waals surface area contributed by atoms with Crippen molar-refractivity contribution < 1.29 is 4.79 Å². The van der Waals surface area contributed by atoms with Gasteiger partial charge in [-0.15, -0.1) is 11.3 Å². The highest BCUT2D eigenvalue weighted by atomic mass is 32.1. The van der Waals surface area contributed by atoms with Crippen molar-refractivity contribution in [1.29, 1.82) is 0 Å². The van der Waals surface area contributed by atoms with Gasteiger partial charge in [0.2, 0.25) is 0 Å². The lowest BCUT2D eigenvalue weighted by atomic mass is 10.2. The van der Waals surface area contributed by atoms with Gasteiger partial charge in [-0.2, -0.15) is 0 Å². The van der Waals surface area contributed by atoms with E-state index in [1.54, 1.807) is 11.3 Å². The zero-order valence-corrected chi connectivity index (χ0v) is 10.5. The smallest absolute Gasteiger partial charge is 0.263 e. The van der Waals surface area contributed by atoms with Crippen LogP contribution in [0.4, 0.5) is 5.69 Å². The second-order valence-corrected chi connectivity index (χ2v) is 5.64. The Labute approximate surface area is 104 Å². The summed E-state index contributed by atoms with van der Waals surface area (Å²) in [6.07, 6.45) is 2.28. The molecule has 0 saturated heterocycles. The number of amides is 1. The van der Waals surface area contributed by atoms with Gasteiger partial charge in [0.1, 0.15) is 0 Å². The summed E-state index contributed by atoms with van der Waals surface area (Å²) >= 11 is 1.54. The Kier molecular flexibility index (Phi) is 2.33. The number of nitrogens with two attached hydrogens (primary N) is 1. The number of fused-ring (bicyclic) bond motifs is 1. The zero-order valence-electron chi connectivity index (χ0n) is 9.64. The fourth-order valence-electron chi connectivity index (χ4n) is 1.97. The molecule has 0 aliphatic heterocycles. The topological polar surface area (TPSA) is 46.3 Å². The molecule has 1 aromatic carbocycles. The average Bonchev–Trinajstić information content (AvgIpc) is 3.07. The molecule has 1 fully saturated rings. The zero-order chi connectivity index (χ0) is 12.0. The second kappa shape index (κ2) is 3.74. The number of hydrogen-bond donors (Lipinski definition) is 1. The molecule has 1 aliphatic carbocycles. The molecule has 88 valence electrons. The Morgan fingerprint density at radius 1 is 1.41 bits per heavy atom. The molecular weight excluding hydrogens is 232 g/mol. The fourth-order valence-corrected chi connectivity index (χ4v) is 2.99. The van der Waals surface area contributed by atoms with Gasteiger partial charge in [0.25, 0.3) is 5.91 Å². The first-order valence-corrected chi connectivity index (χ1v) is 6.53. The van der Waals surface area contributed by atoms with Gasteiger partial charge in [-0.25, -0.2) is 0 Å². The van der Waals surface area contributed by atoms with Crippen molar-refractivity contribution in [3.8, 4) is 0 Å². The number of nitrogens with zero attached hydrogens (tertiary/aromatic N) is 1. The van der Waals surface area contributed by atoms with Crippen LogP contribution in [0.1, 0.15) is 22.5 Å². The minimum Gasteiger partial charge on any atom is -0.399 e. The number of thiophene rings is 1. The molecule has 1 aliphatic rings. The second-order valence-electron chi connectivity index (χ2n) is 4.56. The van der Waals surface area contributed by atoms with Crippen molar-refractivity contribution in [2.45, 2.75) is 18.9 Å². The molecule has 1 aromatic heterocycles. The van der Waals surface area contributed by atoms with E-state index in [0.29, 0.717) is 6.04 Å². The van der Waals surface area contributed by atoms with E-state index in [0.717, 1.165) is 33.5 Å². The first kappa shape index (κ1) is 10.6. The summed E-state index contributed by atoms with van der Waals surface area (Å²) in [6.45, 7) is 0. The molecule has 0 bridgehead atoms. The Morgan fingerprint density at radius 3 is 2.88 bits per heavy atom. The molecule has 0 spiro atoms. The molecule has 3 rings (SSSR count). The quantitative estimate of drug-likeness (QED) is 0.828. The average molecular weight is 246 g/mol. The third-order valence-corrected chi connectivity index (χ3v) is 4.27. The lowest BCUT2D eigenvalue weighted by molar-refractivity contribution is 0.0790. The molecule has 0 atom stereocenters. The molecule has 3 nitrogen and oxygen atoms in total. The number of nitrogen functional groups attached to an aromatic ring is 1. The Hall–Kier alpha value is -1.55. The first-order valence-electron chi connectivity index (χ1n) is 5.71. The van der Waals surface area contributed by atoms with Crippen LogP contribution in [0.3, 0.4) is 0 Å². The lowest BCUT2D eigenvalue weighted by Gasteiger charge is -2.14. The summed E-state index contributed by atoms with van der Waals surface area (Å²) in [5.41, 5.74) is 6.48. The minimum atomic E-state index is 0.132. The largest absolute Gasteiger partial charge is 0.399 e. The van der Waals surface area contributed by atoms with E-state index in [4.69, 9.17) is 5.73 Å². The SMILES string of the molecule is CN(C(=O)c1cc2cc(N)ccc2s1)C1CC1. The van der Waals surface area contributed by atoms with Crippen molar-refractivity contribution >= 4 is 33.0 Å². The monoisotopic (exact) mass is 246 g/mol. The minimum absolute atomic E-state index is 0.132. The third-order valence-electron chi connectivity index (χ3n) is 3.17. The Bertz CT molecular complexity index is 586. The van der Waals surface area contributed by atoms with Gasteiger partial charge in [-0.05, 0) is 42.5 Å². The number of carbonyl (C=O) groups is 1. The maximum absolute atomic E-state index is 12.2. The van der Waals surface area contributed by atoms with Crippen LogP contribution in [0.5, 0.6) is 0 Å². The number of hydrogen-bond acceptors (Lipinski definition) is 3. The number of carbonyl (C=O) groups excluding carboxylic acids is 1. The van der Waals surface area contributed by atoms with Crippen molar-refractivity contribution in [3.05, 3.63) is 29.1 Å². The fraction of sp³-hybridized carbons (Fsp3) is 0.308. The van der Waals surface area contributed by atoms with Gasteiger partial charge in [-0.3, -0.25) is 4.79 Å². The van der Waals surface area contributed by atoms with Crippen molar-refractivity contribution in [1.82, 2.24) is 4.90 Å². The predicted octanol–water partition coefficient (Wildman–Crippen LogP) is 2.72. The molecule has 17 heavy (non-hydrogen) atoms. The van der Waals surface area contributed by atoms with Crippen LogP contribution in [-0.4, -0.2) is 23.9 Å². The predicted molar refractivity (Wildman–Crippen MR) is 71.4 cm³/mol. The maximum Gasteiger partial charge on any atom is 0.263 e. The van der Waals surface area contributed by atoms with Gasteiger partial charge >= 0.3 is 0 Å². The number of anilines is 1. The van der Waals surface area contributed by atoms with Crippen LogP contribution in [0.15, 0.2) is 24.3 Å². The normalized spacial score (nSPS) is 15.1. The molecule has 0 radical (unpaired) electrons. The molecule has 0 unspecified atom stereocenters. The Morgan fingerprint density at radius 2 is 2.18 bits per heavy atom. The molecule has 2 N–H and O–H groups in total. The maximum atomic E-state index is 12.2. The number of benzene rings is 1. The van der Waals surface area contributed by atoms with E-state index in [9.17, 15) is 4.79 Å². The van der Waals surface area contributed by atoms with E-state index >= 15 is 0 Å². The molecule has 1 heterocycles. The molecule has 1 amide bonds. The molecule has 2 aromatic rings. The summed E-state index contributed by atoms with van der Waals surface area (Å²) < 4.78 is 1.12. The van der Waals surface area contributed by atoms with E-state index in [1.165, 1.54) is 0 Å². The van der Waals surface area contributed by atoms with E-state index in [-0.39, 0.29) is 5.91 Å². The summed E-state index contributed by atoms with van der Waals surface area (Å²) in [4.78, 5) is 14.8. The number of rotatable bonds is 2. The van der Waals surface area contributed by atoms with Gasteiger partial charge in [-0.1, -0.05) is 0 Å². The Balaban J connectivity index is 1.97. The lowest BCUT2D eigenvalue weighted by Crippen LogP contribution is -2.27. The van der Waals surface area contributed by atoms with Gasteiger partial charge < -0.3 is 10.6 Å². The van der Waals surface area contributed by atoms with E-state index < -0.39 is 0 Å². The van der Waals surface area contributed by atoms with E-state index in [2.05, 4.69) is 0 Å². The highest BCUT2D eigenvalue weighted by Gasteiger charge is 2.30. The van der Waals surface area contributed by atoms with Crippen molar-refractivity contribution in [3.63, 3.8) is 0 Å². The highest BCUT2D eigenvalue weighted by Crippen LogP contribution is 2.31. The van der Waals surface area contributed by atoms with Crippen LogP contribution >= 0.6 is 11.3 Å². The van der Waals surface area contributed by atoms with Crippen LogP contribution in [-0.2, 0) is 0 Å². The van der Waals surface area contributed by atoms with Crippen molar-refractivity contribution in [2.24, 2.45) is 0 Å². The van der Waals surface area contributed by atoms with E-state index in [1.807, 2.05) is 36.2 Å². The molecule has 4 heteroatoms. The molecule has 1 saturated carbocycles. The standard InChI is InChI=1S/C13H14N2OS/c1-15(10-3-4-10)13(16)12-7-8-6-9(14)2-5-11(8)17-12/h2,5-7,10H,3-4,14H2,1H3. The van der Waals surface area contributed by atoms with Crippen LogP contribution in [0, 0.1) is 0 Å². The first-order chi connectivity index (χ1) is 8.15. The van der Waals surface area contributed by atoms with Crippen LogP contribution in [0.25, 0.3) is 10.1 Å². The van der Waals surface area contributed by atoms with Gasteiger partial charge in [0.05, 0.1) is 4.88 Å². The van der Waals surface area contributed by atoms with Crippen LogP contribution < -0.4 is 5.73 Å². The third kappa shape index (κ3) is 1.89. The molecular formula is C13H14N2OS. The highest BCUT2D eigenvalue weighted by molar-refractivity contribution is 7.20.